The molecule has 0 fully saturated rings. The Morgan fingerprint density at radius 2 is 1.90 bits per heavy atom. The largest absolute Gasteiger partial charge is 0.494 e. The molecule has 0 amide bonds. The highest BCUT2D eigenvalue weighted by atomic mass is 16.5. The third-order valence-corrected chi connectivity index (χ3v) is 4.69. The molecule has 0 bridgehead atoms. The molecule has 0 saturated heterocycles. The van der Waals surface area contributed by atoms with Gasteiger partial charge in [0.25, 0.3) is 0 Å². The minimum Gasteiger partial charge on any atom is -0.494 e. The van der Waals surface area contributed by atoms with Gasteiger partial charge >= 0.3 is 0 Å². The summed E-state index contributed by atoms with van der Waals surface area (Å²) in [7, 11) is 1.65. The predicted octanol–water partition coefficient (Wildman–Crippen LogP) is 4.30. The Hall–Kier alpha value is -3.74. The van der Waals surface area contributed by atoms with E-state index in [0.717, 1.165) is 34.7 Å². The lowest BCUT2D eigenvalue weighted by Gasteiger charge is -2.17. The molecule has 0 radical (unpaired) electrons. The summed E-state index contributed by atoms with van der Waals surface area (Å²) in [6, 6.07) is 13.8. The Labute approximate surface area is 169 Å². The Balaban J connectivity index is 1.59. The lowest BCUT2D eigenvalue weighted by molar-refractivity contribution is 0.411. The van der Waals surface area contributed by atoms with Gasteiger partial charge in [0.05, 0.1) is 25.0 Å². The number of methoxy groups -OCH3 is 1. The van der Waals surface area contributed by atoms with Gasteiger partial charge in [-0.05, 0) is 42.3 Å². The van der Waals surface area contributed by atoms with Crippen molar-refractivity contribution >= 4 is 5.95 Å². The van der Waals surface area contributed by atoms with E-state index in [1.54, 1.807) is 36.6 Å². The van der Waals surface area contributed by atoms with Crippen LogP contribution in [0.1, 0.15) is 24.9 Å². The maximum absolute atomic E-state index is 5.43. The van der Waals surface area contributed by atoms with E-state index >= 15 is 0 Å². The van der Waals surface area contributed by atoms with Crippen molar-refractivity contribution in [1.82, 2.24) is 24.7 Å². The molecule has 0 spiro atoms. The molecule has 0 aliphatic rings. The number of ether oxygens (including phenoxy) is 1. The molecular weight excluding hydrogens is 364 g/mol. The zero-order chi connectivity index (χ0) is 20.1. The highest BCUT2D eigenvalue weighted by molar-refractivity contribution is 5.59. The number of nitrogens with zero attached hydrogens (tertiary/aromatic N) is 5. The molecular formula is C22H22N6O. The first-order valence-electron chi connectivity index (χ1n) is 9.46. The van der Waals surface area contributed by atoms with E-state index in [9.17, 15) is 0 Å². The molecule has 0 aliphatic heterocycles. The first-order valence-corrected chi connectivity index (χ1v) is 9.46. The molecule has 4 aromatic rings. The van der Waals surface area contributed by atoms with Gasteiger partial charge in [0, 0.05) is 30.4 Å². The second-order valence-corrected chi connectivity index (χ2v) is 6.50. The third-order valence-electron chi connectivity index (χ3n) is 4.69. The van der Waals surface area contributed by atoms with Gasteiger partial charge in [-0.15, -0.1) is 0 Å². The zero-order valence-electron chi connectivity index (χ0n) is 16.4. The molecule has 1 aromatic carbocycles. The lowest BCUT2D eigenvalue weighted by atomic mass is 10.1. The number of aromatic nitrogens is 5. The standard InChI is InChI=1S/C22H22N6O/c1-3-18(16-8-11-23-12-9-16)26-22-24-13-10-19(27-22)17-14-25-28(15-17)20-6-4-5-7-21(20)29-2/h4-15,18H,3H2,1-2H3,(H,24,26,27)/t18-/m0/s1. The number of rotatable bonds is 7. The van der Waals surface area contributed by atoms with Crippen molar-refractivity contribution < 1.29 is 4.74 Å². The van der Waals surface area contributed by atoms with Crippen molar-refractivity contribution in [1.29, 1.82) is 0 Å². The van der Waals surface area contributed by atoms with Crippen LogP contribution < -0.4 is 10.1 Å². The summed E-state index contributed by atoms with van der Waals surface area (Å²) >= 11 is 0. The molecule has 146 valence electrons. The van der Waals surface area contributed by atoms with Gasteiger partial charge < -0.3 is 10.1 Å². The van der Waals surface area contributed by atoms with E-state index in [0.29, 0.717) is 5.95 Å². The first-order chi connectivity index (χ1) is 14.3. The molecule has 0 aliphatic carbocycles. The molecule has 0 unspecified atom stereocenters. The van der Waals surface area contributed by atoms with Crippen LogP contribution in [-0.2, 0) is 0 Å². The summed E-state index contributed by atoms with van der Waals surface area (Å²) in [4.78, 5) is 13.2. The van der Waals surface area contributed by atoms with Gasteiger partial charge in [-0.2, -0.15) is 5.10 Å². The number of nitrogens with one attached hydrogen (secondary N) is 1. The molecule has 3 aromatic heterocycles. The third kappa shape index (κ3) is 4.08. The van der Waals surface area contributed by atoms with Crippen LogP contribution in [0, 0.1) is 0 Å². The van der Waals surface area contributed by atoms with E-state index in [1.165, 1.54) is 0 Å². The fraction of sp³-hybridized carbons (Fsp3) is 0.182. The summed E-state index contributed by atoms with van der Waals surface area (Å²) in [5, 5.41) is 7.89. The van der Waals surface area contributed by atoms with Gasteiger partial charge in [-0.3, -0.25) is 4.98 Å². The number of benzene rings is 1. The Morgan fingerprint density at radius 1 is 1.07 bits per heavy atom. The minimum absolute atomic E-state index is 0.115. The molecule has 29 heavy (non-hydrogen) atoms. The van der Waals surface area contributed by atoms with Crippen molar-refractivity contribution in [2.45, 2.75) is 19.4 Å². The van der Waals surface area contributed by atoms with E-state index in [1.807, 2.05) is 48.7 Å². The van der Waals surface area contributed by atoms with Gasteiger partial charge in [-0.25, -0.2) is 14.6 Å². The number of hydrogen-bond acceptors (Lipinski definition) is 6. The number of anilines is 1. The summed E-state index contributed by atoms with van der Waals surface area (Å²) in [5.74, 6) is 1.34. The van der Waals surface area contributed by atoms with E-state index in [4.69, 9.17) is 4.74 Å². The normalized spacial score (nSPS) is 11.8. The van der Waals surface area contributed by atoms with Crippen LogP contribution in [0.2, 0.25) is 0 Å². The van der Waals surface area contributed by atoms with Crippen molar-refractivity contribution in [3.63, 3.8) is 0 Å². The summed E-state index contributed by atoms with van der Waals surface area (Å²) in [6.07, 6.45) is 9.98. The van der Waals surface area contributed by atoms with Crippen molar-refractivity contribution in [3.05, 3.63) is 79.0 Å². The number of hydrogen-bond donors (Lipinski definition) is 1. The first kappa shape index (κ1) is 18.6. The topological polar surface area (TPSA) is 77.8 Å². The van der Waals surface area contributed by atoms with Gasteiger partial charge in [0.2, 0.25) is 5.95 Å². The molecule has 3 heterocycles. The van der Waals surface area contributed by atoms with Crippen LogP contribution in [0.15, 0.2) is 73.4 Å². The van der Waals surface area contributed by atoms with E-state index < -0.39 is 0 Å². The fourth-order valence-electron chi connectivity index (χ4n) is 3.17. The molecule has 7 heteroatoms. The van der Waals surface area contributed by atoms with E-state index in [2.05, 4.69) is 32.3 Å². The van der Waals surface area contributed by atoms with Crippen LogP contribution in [0.4, 0.5) is 5.95 Å². The van der Waals surface area contributed by atoms with Gasteiger partial charge in [0.1, 0.15) is 11.4 Å². The van der Waals surface area contributed by atoms with Crippen molar-refractivity contribution in [2.24, 2.45) is 0 Å². The summed E-state index contributed by atoms with van der Waals surface area (Å²) in [6.45, 7) is 2.12. The van der Waals surface area contributed by atoms with Crippen LogP contribution in [0.3, 0.4) is 0 Å². The fourth-order valence-corrected chi connectivity index (χ4v) is 3.17. The maximum Gasteiger partial charge on any atom is 0.223 e. The monoisotopic (exact) mass is 386 g/mol. The van der Waals surface area contributed by atoms with Crippen LogP contribution >= 0.6 is 0 Å². The predicted molar refractivity (Wildman–Crippen MR) is 112 cm³/mol. The SMILES string of the molecule is CC[C@H](Nc1nccc(-c2cnn(-c3ccccc3OC)c2)n1)c1ccncc1. The molecule has 1 N–H and O–H groups in total. The Bertz CT molecular complexity index is 1080. The molecule has 7 nitrogen and oxygen atoms in total. The highest BCUT2D eigenvalue weighted by Crippen LogP contribution is 2.25. The smallest absolute Gasteiger partial charge is 0.223 e. The molecule has 1 atom stereocenters. The average Bonchev–Trinajstić information content (AvgIpc) is 3.28. The van der Waals surface area contributed by atoms with Crippen molar-refractivity contribution in [2.75, 3.05) is 12.4 Å². The van der Waals surface area contributed by atoms with Crippen molar-refractivity contribution in [3.8, 4) is 22.7 Å². The Kier molecular flexibility index (Phi) is 5.47. The van der Waals surface area contributed by atoms with Crippen LogP contribution in [0.25, 0.3) is 16.9 Å². The molecule has 0 saturated carbocycles. The average molecular weight is 386 g/mol. The van der Waals surface area contributed by atoms with Gasteiger partial charge in [-0.1, -0.05) is 19.1 Å². The minimum atomic E-state index is 0.115. The summed E-state index contributed by atoms with van der Waals surface area (Å²) in [5.41, 5.74) is 3.73. The van der Waals surface area contributed by atoms with Crippen LogP contribution in [-0.4, -0.2) is 31.8 Å². The second-order valence-electron chi connectivity index (χ2n) is 6.50. The second kappa shape index (κ2) is 8.52. The molecule has 4 rings (SSSR count). The highest BCUT2D eigenvalue weighted by Gasteiger charge is 2.13. The number of para-hydroxylation sites is 2. The quantitative estimate of drug-likeness (QED) is 0.510. The van der Waals surface area contributed by atoms with Gasteiger partial charge in [0.15, 0.2) is 0 Å². The lowest BCUT2D eigenvalue weighted by Crippen LogP contribution is -2.12. The maximum atomic E-state index is 5.43. The Morgan fingerprint density at radius 3 is 2.69 bits per heavy atom. The zero-order valence-corrected chi connectivity index (χ0v) is 16.4. The van der Waals surface area contributed by atoms with E-state index in [-0.39, 0.29) is 6.04 Å². The van der Waals surface area contributed by atoms with Crippen LogP contribution in [0.5, 0.6) is 5.75 Å². The summed E-state index contributed by atoms with van der Waals surface area (Å²) < 4.78 is 7.22. The number of pyridine rings is 1.